The Balaban J connectivity index is 2.40. The molecule has 13 heavy (non-hydrogen) atoms. The summed E-state index contributed by atoms with van der Waals surface area (Å²) in [4.78, 5) is 1.87. The number of hydrogen-bond donors (Lipinski definition) is 3. The van der Waals surface area contributed by atoms with Crippen LogP contribution < -0.4 is 5.73 Å². The molecule has 0 spiro atoms. The van der Waals surface area contributed by atoms with E-state index in [0.29, 0.717) is 19.6 Å². The van der Waals surface area contributed by atoms with E-state index >= 15 is 0 Å². The molecule has 0 aromatic carbocycles. The average Bonchev–Trinajstić information content (AvgIpc) is 2.46. The summed E-state index contributed by atoms with van der Waals surface area (Å²) in [6.07, 6.45) is -0.664. The quantitative estimate of drug-likeness (QED) is 0.216. The van der Waals surface area contributed by atoms with Gasteiger partial charge in [0.25, 0.3) is 0 Å². The number of amidine groups is 1. The van der Waals surface area contributed by atoms with Crippen molar-refractivity contribution >= 4 is 5.84 Å². The van der Waals surface area contributed by atoms with Gasteiger partial charge in [-0.3, -0.25) is 4.90 Å². The van der Waals surface area contributed by atoms with Crippen LogP contribution in [0.4, 0.5) is 0 Å². The van der Waals surface area contributed by atoms with Gasteiger partial charge in [0.1, 0.15) is 0 Å². The first kappa shape index (κ1) is 10.2. The Hall–Kier alpha value is -0.850. The lowest BCUT2D eigenvalue weighted by Crippen LogP contribution is -2.33. The van der Waals surface area contributed by atoms with Crippen LogP contribution >= 0.6 is 0 Å². The van der Waals surface area contributed by atoms with Crippen LogP contribution in [0.25, 0.3) is 0 Å². The monoisotopic (exact) mass is 189 g/mol. The molecule has 0 unspecified atom stereocenters. The third kappa shape index (κ3) is 2.55. The summed E-state index contributed by atoms with van der Waals surface area (Å²) in [5, 5.41) is 20.6. The Morgan fingerprint density at radius 3 is 2.85 bits per heavy atom. The first-order chi connectivity index (χ1) is 6.17. The van der Waals surface area contributed by atoms with E-state index in [1.807, 2.05) is 4.90 Å². The summed E-state index contributed by atoms with van der Waals surface area (Å²) in [5.41, 5.74) is 5.32. The van der Waals surface area contributed by atoms with Crippen LogP contribution in [-0.4, -0.2) is 60.0 Å². The van der Waals surface area contributed by atoms with Crippen LogP contribution in [0.15, 0.2) is 5.16 Å². The molecule has 76 valence electrons. The van der Waals surface area contributed by atoms with E-state index in [0.717, 1.165) is 0 Å². The minimum absolute atomic E-state index is 0.143. The third-order valence-corrected chi connectivity index (χ3v) is 2.13. The van der Waals surface area contributed by atoms with Crippen LogP contribution in [0.1, 0.15) is 0 Å². The second-order valence-corrected chi connectivity index (χ2v) is 3.13. The molecule has 1 saturated heterocycles. The number of likely N-dealkylation sites (tertiary alicyclic amines) is 1. The minimum atomic E-state index is -0.489. The Kier molecular flexibility index (Phi) is 3.47. The van der Waals surface area contributed by atoms with Crippen molar-refractivity contribution in [1.82, 2.24) is 4.90 Å². The SMILES string of the molecule is CO[C@@H]1CN(CC(N)=NO)C[C@@H]1O. The maximum Gasteiger partial charge on any atom is 0.153 e. The topological polar surface area (TPSA) is 91.3 Å². The van der Waals surface area contributed by atoms with Crippen molar-refractivity contribution in [3.05, 3.63) is 0 Å². The Morgan fingerprint density at radius 2 is 2.38 bits per heavy atom. The van der Waals surface area contributed by atoms with E-state index in [4.69, 9.17) is 15.7 Å². The lowest BCUT2D eigenvalue weighted by molar-refractivity contribution is 0.0215. The largest absolute Gasteiger partial charge is 0.409 e. The molecule has 4 N–H and O–H groups in total. The fourth-order valence-corrected chi connectivity index (χ4v) is 1.45. The molecule has 0 aromatic rings. The molecule has 0 radical (unpaired) electrons. The zero-order chi connectivity index (χ0) is 9.84. The van der Waals surface area contributed by atoms with Crippen LogP contribution in [0.2, 0.25) is 0 Å². The molecule has 2 atom stereocenters. The molecular formula is C7H15N3O3. The number of hydrogen-bond acceptors (Lipinski definition) is 5. The van der Waals surface area contributed by atoms with Crippen LogP contribution in [-0.2, 0) is 4.74 Å². The van der Waals surface area contributed by atoms with Gasteiger partial charge in [0.05, 0.1) is 18.8 Å². The zero-order valence-electron chi connectivity index (χ0n) is 7.55. The first-order valence-corrected chi connectivity index (χ1v) is 4.07. The molecule has 1 aliphatic rings. The third-order valence-electron chi connectivity index (χ3n) is 2.13. The van der Waals surface area contributed by atoms with Crippen molar-refractivity contribution in [1.29, 1.82) is 0 Å². The minimum Gasteiger partial charge on any atom is -0.409 e. The molecule has 6 nitrogen and oxygen atoms in total. The van der Waals surface area contributed by atoms with Crippen LogP contribution in [0.5, 0.6) is 0 Å². The predicted molar refractivity (Wildman–Crippen MR) is 46.7 cm³/mol. The highest BCUT2D eigenvalue weighted by Gasteiger charge is 2.31. The fraction of sp³-hybridized carbons (Fsp3) is 0.857. The second kappa shape index (κ2) is 4.40. The molecule has 1 rings (SSSR count). The van der Waals surface area contributed by atoms with Crippen LogP contribution in [0, 0.1) is 0 Å². The zero-order valence-corrected chi connectivity index (χ0v) is 7.55. The van der Waals surface area contributed by atoms with Gasteiger partial charge < -0.3 is 20.8 Å². The normalized spacial score (nSPS) is 31.1. The van der Waals surface area contributed by atoms with Gasteiger partial charge in [-0.05, 0) is 0 Å². The highest BCUT2D eigenvalue weighted by atomic mass is 16.5. The van der Waals surface area contributed by atoms with Crippen molar-refractivity contribution in [2.75, 3.05) is 26.7 Å². The lowest BCUT2D eigenvalue weighted by Gasteiger charge is -2.13. The Morgan fingerprint density at radius 1 is 1.69 bits per heavy atom. The molecule has 6 heteroatoms. The first-order valence-electron chi connectivity index (χ1n) is 4.07. The van der Waals surface area contributed by atoms with Crippen molar-refractivity contribution in [2.24, 2.45) is 10.9 Å². The van der Waals surface area contributed by atoms with Gasteiger partial charge in [-0.1, -0.05) is 5.16 Å². The summed E-state index contributed by atoms with van der Waals surface area (Å²) in [6.45, 7) is 1.45. The smallest absolute Gasteiger partial charge is 0.153 e. The molecule has 1 fully saturated rings. The molecule has 0 bridgehead atoms. The number of rotatable bonds is 3. The number of aliphatic hydroxyl groups excluding tert-OH is 1. The molecule has 1 heterocycles. The number of nitrogens with two attached hydrogens (primary N) is 1. The number of aliphatic hydroxyl groups is 1. The predicted octanol–water partition coefficient (Wildman–Crippen LogP) is -1.58. The number of methoxy groups -OCH3 is 1. The summed E-state index contributed by atoms with van der Waals surface area (Å²) in [7, 11) is 1.56. The molecule has 0 saturated carbocycles. The lowest BCUT2D eigenvalue weighted by atomic mass is 10.3. The standard InChI is InChI=1S/C7H15N3O3/c1-13-6-3-10(2-5(6)11)4-7(8)9-12/h5-6,11-12H,2-4H2,1H3,(H2,8,9)/t5-,6+/m0/s1. The van der Waals surface area contributed by atoms with Gasteiger partial charge >= 0.3 is 0 Å². The number of ether oxygens (including phenoxy) is 1. The summed E-state index contributed by atoms with van der Waals surface area (Å²) in [6, 6.07) is 0. The molecular weight excluding hydrogens is 174 g/mol. The Labute approximate surface area is 76.6 Å². The van der Waals surface area contributed by atoms with E-state index in [1.54, 1.807) is 7.11 Å². The summed E-state index contributed by atoms with van der Waals surface area (Å²) >= 11 is 0. The highest BCUT2D eigenvalue weighted by molar-refractivity contribution is 5.81. The van der Waals surface area contributed by atoms with Gasteiger partial charge in [0.2, 0.25) is 0 Å². The summed E-state index contributed by atoms with van der Waals surface area (Å²) in [5.74, 6) is 0.143. The van der Waals surface area contributed by atoms with Crippen molar-refractivity contribution in [3.63, 3.8) is 0 Å². The number of β-amino-alcohol motifs (C(OH)–C–C–N with tert-alkyl or cyclic N) is 1. The van der Waals surface area contributed by atoms with Crippen LogP contribution in [0.3, 0.4) is 0 Å². The van der Waals surface area contributed by atoms with Gasteiger partial charge in [0, 0.05) is 20.2 Å². The number of oxime groups is 1. The van der Waals surface area contributed by atoms with Gasteiger partial charge in [-0.15, -0.1) is 0 Å². The molecule has 1 aliphatic heterocycles. The van der Waals surface area contributed by atoms with Gasteiger partial charge in [-0.25, -0.2) is 0 Å². The summed E-state index contributed by atoms with van der Waals surface area (Å²) < 4.78 is 5.03. The van der Waals surface area contributed by atoms with E-state index in [1.165, 1.54) is 0 Å². The number of nitrogens with zero attached hydrogens (tertiary/aromatic N) is 2. The van der Waals surface area contributed by atoms with Crippen molar-refractivity contribution in [3.8, 4) is 0 Å². The average molecular weight is 189 g/mol. The highest BCUT2D eigenvalue weighted by Crippen LogP contribution is 2.11. The maximum absolute atomic E-state index is 9.44. The Bertz CT molecular complexity index is 197. The van der Waals surface area contributed by atoms with E-state index in [-0.39, 0.29) is 11.9 Å². The van der Waals surface area contributed by atoms with E-state index in [2.05, 4.69) is 5.16 Å². The maximum atomic E-state index is 9.44. The van der Waals surface area contributed by atoms with E-state index in [9.17, 15) is 5.11 Å². The second-order valence-electron chi connectivity index (χ2n) is 3.13. The van der Waals surface area contributed by atoms with Gasteiger partial charge in [-0.2, -0.15) is 0 Å². The molecule has 0 amide bonds. The van der Waals surface area contributed by atoms with Gasteiger partial charge in [0.15, 0.2) is 5.84 Å². The van der Waals surface area contributed by atoms with Crippen molar-refractivity contribution < 1.29 is 15.1 Å². The fourth-order valence-electron chi connectivity index (χ4n) is 1.45. The molecule has 0 aromatic heterocycles. The van der Waals surface area contributed by atoms with Crippen molar-refractivity contribution in [2.45, 2.75) is 12.2 Å². The molecule has 0 aliphatic carbocycles. The van der Waals surface area contributed by atoms with E-state index < -0.39 is 6.10 Å².